The first-order valence-electron chi connectivity index (χ1n) is 13.9. The lowest BCUT2D eigenvalue weighted by Crippen LogP contribution is -2.27. The van der Waals surface area contributed by atoms with E-state index in [1.54, 1.807) is 0 Å². The predicted molar refractivity (Wildman–Crippen MR) is 168 cm³/mol. The number of nitrogens with zero attached hydrogens (tertiary/aromatic N) is 2. The van der Waals surface area contributed by atoms with Crippen LogP contribution in [-0.4, -0.2) is 17.5 Å². The fourth-order valence-corrected chi connectivity index (χ4v) is 6.45. The Hall–Kier alpha value is -4.76. The molecule has 194 valence electrons. The lowest BCUT2D eigenvalue weighted by molar-refractivity contribution is 0.490. The normalized spacial score (nSPS) is 18.8. The highest BCUT2D eigenvalue weighted by Gasteiger charge is 2.32. The van der Waals surface area contributed by atoms with E-state index in [0.717, 1.165) is 63.0 Å². The van der Waals surface area contributed by atoms with E-state index < -0.39 is 0 Å². The summed E-state index contributed by atoms with van der Waals surface area (Å²) >= 11 is 0. The van der Waals surface area contributed by atoms with Gasteiger partial charge in [-0.05, 0) is 59.4 Å². The summed E-state index contributed by atoms with van der Waals surface area (Å²) in [5.41, 5.74) is 11.3. The minimum atomic E-state index is 0.0677. The van der Waals surface area contributed by atoms with Crippen molar-refractivity contribution in [3.05, 3.63) is 145 Å². The second kappa shape index (κ2) is 9.77. The van der Waals surface area contributed by atoms with E-state index in [0.29, 0.717) is 6.42 Å². The van der Waals surface area contributed by atoms with Gasteiger partial charge in [0.2, 0.25) is 0 Å². The minimum Gasteiger partial charge on any atom is -0.455 e. The zero-order valence-electron chi connectivity index (χ0n) is 22.4. The number of benzene rings is 4. The van der Waals surface area contributed by atoms with Gasteiger partial charge < -0.3 is 4.42 Å². The van der Waals surface area contributed by atoms with Crippen LogP contribution in [-0.2, 0) is 6.42 Å². The van der Waals surface area contributed by atoms with E-state index in [-0.39, 0.29) is 12.0 Å². The maximum Gasteiger partial charge on any atom is 0.145 e. The summed E-state index contributed by atoms with van der Waals surface area (Å²) in [6, 6.07) is 30.0. The van der Waals surface area contributed by atoms with Gasteiger partial charge in [0.25, 0.3) is 0 Å². The van der Waals surface area contributed by atoms with E-state index in [2.05, 4.69) is 98.6 Å². The van der Waals surface area contributed by atoms with Crippen molar-refractivity contribution in [2.24, 2.45) is 9.98 Å². The molecule has 2 aliphatic rings. The third-order valence-corrected chi connectivity index (χ3v) is 8.33. The van der Waals surface area contributed by atoms with Gasteiger partial charge in [-0.2, -0.15) is 0 Å². The molecule has 0 fully saturated rings. The molecule has 2 unspecified atom stereocenters. The lowest BCUT2D eigenvalue weighted by Gasteiger charge is -2.32. The standard InChI is InChI=1S/C37H30N2O/c1-4-32-28-14-10-9-13-27(28)29-18-15-25-16-20-31-30-19-17-26(24-11-7-6-8-12-24)22-35(30)40-37(31)36(25)33(5-2)38-23(3)21-34(29)39-32/h4-14,16-17,19-20,22,29,34H,1-3,15,18,21H2. The molecular weight excluding hydrogens is 488 g/mol. The maximum atomic E-state index is 6.65. The fourth-order valence-electron chi connectivity index (χ4n) is 6.45. The van der Waals surface area contributed by atoms with Crippen molar-refractivity contribution in [2.75, 3.05) is 0 Å². The van der Waals surface area contributed by atoms with E-state index in [4.69, 9.17) is 14.4 Å². The molecule has 0 aliphatic carbocycles. The van der Waals surface area contributed by atoms with Gasteiger partial charge in [0, 0.05) is 39.9 Å². The van der Waals surface area contributed by atoms with Gasteiger partial charge in [0.15, 0.2) is 0 Å². The van der Waals surface area contributed by atoms with Gasteiger partial charge in [-0.1, -0.05) is 92.5 Å². The molecule has 5 aromatic rings. The van der Waals surface area contributed by atoms with Crippen LogP contribution in [0.2, 0.25) is 0 Å². The minimum absolute atomic E-state index is 0.0677. The van der Waals surface area contributed by atoms with Gasteiger partial charge >= 0.3 is 0 Å². The first kappa shape index (κ1) is 24.3. The van der Waals surface area contributed by atoms with E-state index in [1.165, 1.54) is 22.3 Å². The molecule has 0 saturated carbocycles. The highest BCUT2D eigenvalue weighted by atomic mass is 16.3. The molecule has 0 bridgehead atoms. The molecule has 3 heteroatoms. The monoisotopic (exact) mass is 518 g/mol. The van der Waals surface area contributed by atoms with Crippen molar-refractivity contribution in [3.63, 3.8) is 0 Å². The number of allylic oxidation sites excluding steroid dienone is 2. The van der Waals surface area contributed by atoms with Gasteiger partial charge in [-0.3, -0.25) is 9.98 Å². The number of hydrogen-bond donors (Lipinski definition) is 0. The quantitative estimate of drug-likeness (QED) is 0.235. The molecule has 4 aromatic carbocycles. The molecule has 7 rings (SSSR count). The SMILES string of the molecule is C=CC1=NC2CC(=C)N=C(C=C)c3c(ccc4c3oc3cc(-c5ccccc5)ccc34)CCC2c2ccccc21. The Labute approximate surface area is 234 Å². The molecule has 2 atom stereocenters. The largest absolute Gasteiger partial charge is 0.455 e. The topological polar surface area (TPSA) is 37.9 Å². The van der Waals surface area contributed by atoms with Crippen molar-refractivity contribution in [2.45, 2.75) is 31.2 Å². The molecule has 0 amide bonds. The van der Waals surface area contributed by atoms with Crippen molar-refractivity contribution in [1.29, 1.82) is 0 Å². The molecule has 3 heterocycles. The predicted octanol–water partition coefficient (Wildman–Crippen LogP) is 9.22. The van der Waals surface area contributed by atoms with Crippen LogP contribution in [0.1, 0.15) is 41.0 Å². The molecule has 0 spiro atoms. The Balaban J connectivity index is 1.39. The van der Waals surface area contributed by atoms with Crippen LogP contribution in [0.3, 0.4) is 0 Å². The maximum absolute atomic E-state index is 6.65. The number of hydrogen-bond acceptors (Lipinski definition) is 3. The van der Waals surface area contributed by atoms with Crippen LogP contribution < -0.4 is 0 Å². The van der Waals surface area contributed by atoms with Crippen LogP contribution in [0.15, 0.2) is 137 Å². The van der Waals surface area contributed by atoms with E-state index >= 15 is 0 Å². The molecule has 0 N–H and O–H groups in total. The smallest absolute Gasteiger partial charge is 0.145 e. The number of aryl methyl sites for hydroxylation is 1. The average molecular weight is 519 g/mol. The molecule has 0 radical (unpaired) electrons. The van der Waals surface area contributed by atoms with Crippen LogP contribution in [0.5, 0.6) is 0 Å². The Kier molecular flexibility index (Phi) is 5.93. The van der Waals surface area contributed by atoms with Gasteiger partial charge in [0.05, 0.1) is 17.5 Å². The molecule has 3 nitrogen and oxygen atoms in total. The Morgan fingerprint density at radius 3 is 2.40 bits per heavy atom. The highest BCUT2D eigenvalue weighted by molar-refractivity contribution is 6.20. The third kappa shape index (κ3) is 3.97. The lowest BCUT2D eigenvalue weighted by atomic mass is 9.78. The van der Waals surface area contributed by atoms with Crippen molar-refractivity contribution < 1.29 is 4.42 Å². The molecule has 40 heavy (non-hydrogen) atoms. The summed E-state index contributed by atoms with van der Waals surface area (Å²) in [7, 11) is 0. The average Bonchev–Trinajstić information content (AvgIpc) is 3.37. The van der Waals surface area contributed by atoms with Crippen molar-refractivity contribution in [3.8, 4) is 11.1 Å². The Morgan fingerprint density at radius 1 is 0.800 bits per heavy atom. The van der Waals surface area contributed by atoms with E-state index in [9.17, 15) is 0 Å². The summed E-state index contributed by atoms with van der Waals surface area (Å²) in [6.45, 7) is 12.5. The van der Waals surface area contributed by atoms with Crippen LogP contribution in [0.25, 0.3) is 33.1 Å². The van der Waals surface area contributed by atoms with Crippen LogP contribution in [0.4, 0.5) is 0 Å². The van der Waals surface area contributed by atoms with Crippen molar-refractivity contribution >= 4 is 33.4 Å². The zero-order chi connectivity index (χ0) is 27.2. The Morgan fingerprint density at radius 2 is 1.57 bits per heavy atom. The summed E-state index contributed by atoms with van der Waals surface area (Å²) < 4.78 is 6.65. The summed E-state index contributed by atoms with van der Waals surface area (Å²) in [4.78, 5) is 10.2. The number of fused-ring (bicyclic) bond motifs is 8. The molecule has 2 aliphatic heterocycles. The van der Waals surface area contributed by atoms with E-state index in [1.807, 2.05) is 18.2 Å². The first-order chi connectivity index (χ1) is 19.6. The van der Waals surface area contributed by atoms with Gasteiger partial charge in [-0.15, -0.1) is 0 Å². The Bertz CT molecular complexity index is 1890. The molecule has 1 aromatic heterocycles. The van der Waals surface area contributed by atoms with Crippen LogP contribution >= 0.6 is 0 Å². The molecule has 0 saturated heterocycles. The second-order valence-electron chi connectivity index (χ2n) is 10.6. The number of aliphatic imine (C=N–C) groups is 2. The second-order valence-corrected chi connectivity index (χ2v) is 10.6. The zero-order valence-corrected chi connectivity index (χ0v) is 22.4. The number of furan rings is 1. The molecular formula is C37H30N2O. The summed E-state index contributed by atoms with van der Waals surface area (Å²) in [6.07, 6.45) is 6.22. The first-order valence-corrected chi connectivity index (χ1v) is 13.9. The van der Waals surface area contributed by atoms with Crippen LogP contribution in [0, 0.1) is 0 Å². The summed E-state index contributed by atoms with van der Waals surface area (Å²) in [5, 5.41) is 2.19. The third-order valence-electron chi connectivity index (χ3n) is 8.33. The summed E-state index contributed by atoms with van der Waals surface area (Å²) in [5.74, 6) is 0.268. The van der Waals surface area contributed by atoms with Crippen molar-refractivity contribution in [1.82, 2.24) is 0 Å². The fraction of sp³-hybridized carbons (Fsp3) is 0.135. The van der Waals surface area contributed by atoms with Gasteiger partial charge in [0.1, 0.15) is 11.2 Å². The highest BCUT2D eigenvalue weighted by Crippen LogP contribution is 2.40. The van der Waals surface area contributed by atoms with Gasteiger partial charge in [-0.25, -0.2) is 0 Å². The number of rotatable bonds is 3.